The van der Waals surface area contributed by atoms with Crippen molar-refractivity contribution in [2.75, 3.05) is 11.4 Å². The minimum Gasteiger partial charge on any atom is -0.312 e. The number of hydrogen-bond donors (Lipinski definition) is 0. The fourth-order valence-corrected chi connectivity index (χ4v) is 4.38. The lowest BCUT2D eigenvalue weighted by Crippen LogP contribution is -2.40. The van der Waals surface area contributed by atoms with Crippen LogP contribution in [0, 0.1) is 11.7 Å². The number of hydrogen-bond acceptors (Lipinski definition) is 4. The molecule has 1 unspecified atom stereocenters. The second-order valence-electron chi connectivity index (χ2n) is 8.25. The predicted molar refractivity (Wildman–Crippen MR) is 122 cm³/mol. The Morgan fingerprint density at radius 3 is 2.44 bits per heavy atom. The van der Waals surface area contributed by atoms with Crippen LogP contribution in [0.4, 0.5) is 16.0 Å². The Morgan fingerprint density at radius 1 is 1.06 bits per heavy atom. The molecule has 0 radical (unpaired) electrons. The fourth-order valence-electron chi connectivity index (χ4n) is 4.26. The van der Waals surface area contributed by atoms with Crippen LogP contribution in [0.25, 0.3) is 11.2 Å². The number of anilines is 2. The van der Waals surface area contributed by atoms with E-state index in [-0.39, 0.29) is 18.3 Å². The fraction of sp³-hybridized carbons (Fsp3) is 0.261. The van der Waals surface area contributed by atoms with Crippen LogP contribution < -0.4 is 16.1 Å². The standard InChI is InChI=1S/C23H21ClFN5O2/c1-14-11-28(18-9-5-16(24)6-10-18)22-26-20-19(29(22)12-14)21(31)30(23(32)27(20)2)13-15-3-7-17(25)8-4-15/h3-10,14H,11-13H2,1-2H3. The molecule has 2 aromatic heterocycles. The van der Waals surface area contributed by atoms with Crippen LogP contribution in [0.15, 0.2) is 58.1 Å². The van der Waals surface area contributed by atoms with Gasteiger partial charge in [0, 0.05) is 30.8 Å². The van der Waals surface area contributed by atoms with Crippen LogP contribution in [0.3, 0.4) is 0 Å². The first-order chi connectivity index (χ1) is 15.3. The maximum absolute atomic E-state index is 13.5. The third-order valence-electron chi connectivity index (χ3n) is 5.83. The maximum atomic E-state index is 13.5. The van der Waals surface area contributed by atoms with Crippen LogP contribution in [-0.4, -0.2) is 25.2 Å². The molecule has 1 aliphatic rings. The average Bonchev–Trinajstić information content (AvgIpc) is 3.16. The van der Waals surface area contributed by atoms with Crippen LogP contribution in [-0.2, 0) is 20.1 Å². The van der Waals surface area contributed by atoms with Gasteiger partial charge in [-0.25, -0.2) is 9.18 Å². The molecule has 2 aromatic carbocycles. The molecule has 164 valence electrons. The molecule has 0 spiro atoms. The van der Waals surface area contributed by atoms with Crippen molar-refractivity contribution in [2.45, 2.75) is 20.0 Å². The molecular weight excluding hydrogens is 433 g/mol. The summed E-state index contributed by atoms with van der Waals surface area (Å²) in [7, 11) is 1.61. The van der Waals surface area contributed by atoms with E-state index in [0.29, 0.717) is 34.2 Å². The summed E-state index contributed by atoms with van der Waals surface area (Å²) in [5.41, 5.74) is 1.44. The van der Waals surface area contributed by atoms with Gasteiger partial charge in [-0.15, -0.1) is 0 Å². The summed E-state index contributed by atoms with van der Waals surface area (Å²) >= 11 is 6.05. The van der Waals surface area contributed by atoms with E-state index in [1.54, 1.807) is 19.2 Å². The van der Waals surface area contributed by atoms with Gasteiger partial charge in [0.1, 0.15) is 5.82 Å². The van der Waals surface area contributed by atoms with E-state index >= 15 is 0 Å². The molecule has 1 atom stereocenters. The average molecular weight is 454 g/mol. The largest absolute Gasteiger partial charge is 0.332 e. The van der Waals surface area contributed by atoms with Gasteiger partial charge < -0.3 is 9.47 Å². The Balaban J connectivity index is 1.70. The van der Waals surface area contributed by atoms with Crippen molar-refractivity contribution in [2.24, 2.45) is 13.0 Å². The second-order valence-corrected chi connectivity index (χ2v) is 8.68. The Bertz CT molecular complexity index is 1440. The van der Waals surface area contributed by atoms with Crippen molar-refractivity contribution in [1.82, 2.24) is 18.7 Å². The summed E-state index contributed by atoms with van der Waals surface area (Å²) in [6.45, 7) is 3.50. The van der Waals surface area contributed by atoms with Crippen molar-refractivity contribution < 1.29 is 4.39 Å². The first-order valence-corrected chi connectivity index (χ1v) is 10.7. The van der Waals surface area contributed by atoms with E-state index in [9.17, 15) is 14.0 Å². The summed E-state index contributed by atoms with van der Waals surface area (Å²) < 4.78 is 17.7. The number of benzene rings is 2. The van der Waals surface area contributed by atoms with Crippen molar-refractivity contribution in [3.63, 3.8) is 0 Å². The third-order valence-corrected chi connectivity index (χ3v) is 6.09. The van der Waals surface area contributed by atoms with Gasteiger partial charge in [-0.2, -0.15) is 4.98 Å². The predicted octanol–water partition coefficient (Wildman–Crippen LogP) is 3.53. The molecule has 1 aliphatic heterocycles. The highest BCUT2D eigenvalue weighted by atomic mass is 35.5. The van der Waals surface area contributed by atoms with E-state index in [2.05, 4.69) is 6.92 Å². The number of halogens is 2. The number of imidazole rings is 1. The Morgan fingerprint density at radius 2 is 1.75 bits per heavy atom. The van der Waals surface area contributed by atoms with E-state index < -0.39 is 11.2 Å². The lowest BCUT2D eigenvalue weighted by atomic mass is 10.1. The molecule has 0 N–H and O–H groups in total. The van der Waals surface area contributed by atoms with Crippen molar-refractivity contribution >= 4 is 34.4 Å². The monoisotopic (exact) mass is 453 g/mol. The number of nitrogens with zero attached hydrogens (tertiary/aromatic N) is 5. The Kier molecular flexibility index (Phi) is 4.89. The van der Waals surface area contributed by atoms with Gasteiger partial charge in [-0.1, -0.05) is 30.7 Å². The van der Waals surface area contributed by atoms with Gasteiger partial charge in [0.15, 0.2) is 11.2 Å². The minimum absolute atomic E-state index is 0.0543. The molecule has 0 amide bonds. The van der Waals surface area contributed by atoms with E-state index in [4.69, 9.17) is 16.6 Å². The summed E-state index contributed by atoms with van der Waals surface area (Å²) in [5.74, 6) is 0.496. The highest BCUT2D eigenvalue weighted by molar-refractivity contribution is 6.30. The zero-order valence-electron chi connectivity index (χ0n) is 17.6. The van der Waals surface area contributed by atoms with Gasteiger partial charge in [0.2, 0.25) is 5.95 Å². The molecule has 9 heteroatoms. The van der Waals surface area contributed by atoms with E-state index in [1.165, 1.54) is 21.3 Å². The van der Waals surface area contributed by atoms with Gasteiger partial charge in [-0.3, -0.25) is 13.9 Å². The molecule has 5 rings (SSSR count). The maximum Gasteiger partial charge on any atom is 0.332 e. The van der Waals surface area contributed by atoms with E-state index in [0.717, 1.165) is 12.2 Å². The smallest absolute Gasteiger partial charge is 0.312 e. The summed E-state index contributed by atoms with van der Waals surface area (Å²) in [6.07, 6.45) is 0. The van der Waals surface area contributed by atoms with Gasteiger partial charge >= 0.3 is 5.69 Å². The summed E-state index contributed by atoms with van der Waals surface area (Å²) in [5, 5.41) is 0.637. The molecule has 0 fully saturated rings. The number of fused-ring (bicyclic) bond motifs is 3. The molecular formula is C23H21ClFN5O2. The lowest BCUT2D eigenvalue weighted by Gasteiger charge is -2.33. The van der Waals surface area contributed by atoms with Crippen LogP contribution >= 0.6 is 11.6 Å². The topological polar surface area (TPSA) is 65.1 Å². The number of aromatic nitrogens is 4. The SMILES string of the molecule is CC1CN(c2ccc(Cl)cc2)c2nc3c(c(=O)n(Cc4ccc(F)cc4)c(=O)n3C)n2C1. The van der Waals surface area contributed by atoms with Crippen LogP contribution in [0.2, 0.25) is 5.02 Å². The zero-order valence-corrected chi connectivity index (χ0v) is 18.4. The first kappa shape index (κ1) is 20.5. The third kappa shape index (κ3) is 3.31. The zero-order chi connectivity index (χ0) is 22.6. The molecule has 7 nitrogen and oxygen atoms in total. The highest BCUT2D eigenvalue weighted by Crippen LogP contribution is 2.33. The van der Waals surface area contributed by atoms with E-state index in [1.807, 2.05) is 33.7 Å². The van der Waals surface area contributed by atoms with Crippen LogP contribution in [0.1, 0.15) is 12.5 Å². The van der Waals surface area contributed by atoms with Gasteiger partial charge in [0.25, 0.3) is 5.56 Å². The quantitative estimate of drug-likeness (QED) is 0.476. The van der Waals surface area contributed by atoms with Crippen molar-refractivity contribution in [3.8, 4) is 0 Å². The van der Waals surface area contributed by atoms with Crippen LogP contribution in [0.5, 0.6) is 0 Å². The van der Waals surface area contributed by atoms with Crippen molar-refractivity contribution in [1.29, 1.82) is 0 Å². The molecule has 32 heavy (non-hydrogen) atoms. The number of aryl methyl sites for hydroxylation is 1. The first-order valence-electron chi connectivity index (χ1n) is 10.3. The minimum atomic E-state index is -0.464. The Labute approximate surface area is 187 Å². The Hall–Kier alpha value is -3.39. The van der Waals surface area contributed by atoms with Gasteiger partial charge in [-0.05, 0) is 47.9 Å². The molecule has 3 heterocycles. The second kappa shape index (κ2) is 7.63. The molecule has 0 saturated heterocycles. The molecule has 4 aromatic rings. The molecule has 0 aliphatic carbocycles. The summed E-state index contributed by atoms with van der Waals surface area (Å²) in [6, 6.07) is 13.2. The molecule has 0 bridgehead atoms. The number of rotatable bonds is 3. The summed E-state index contributed by atoms with van der Waals surface area (Å²) in [4.78, 5) is 33.2. The lowest BCUT2D eigenvalue weighted by molar-refractivity contribution is 0.458. The normalized spacial score (nSPS) is 15.9. The van der Waals surface area contributed by atoms with Crippen molar-refractivity contribution in [3.05, 3.63) is 85.8 Å². The highest BCUT2D eigenvalue weighted by Gasteiger charge is 2.29. The molecule has 0 saturated carbocycles. The van der Waals surface area contributed by atoms with Gasteiger partial charge in [0.05, 0.1) is 6.54 Å².